The molecule has 0 rings (SSSR count). The number of carbonyl (C=O) groups is 1. The average Bonchev–Trinajstić information content (AvgIpc) is 1.85. The molecule has 1 unspecified atom stereocenters. The molecule has 0 spiro atoms. The molecule has 3 heteroatoms. The van der Waals surface area contributed by atoms with Gasteiger partial charge in [0.25, 0.3) is 0 Å². The van der Waals surface area contributed by atoms with Crippen LogP contribution in [0.1, 0.15) is 41.0 Å². The fraction of sp³-hybridized carbons (Fsp3) is 0.900. The van der Waals surface area contributed by atoms with Crippen LogP contribution in [-0.4, -0.2) is 5.97 Å². The van der Waals surface area contributed by atoms with Crippen molar-refractivity contribution in [2.45, 2.75) is 41.0 Å². The molecule has 0 saturated carbocycles. The first-order chi connectivity index (χ1) is 5.28. The van der Waals surface area contributed by atoms with Crippen LogP contribution in [0.3, 0.4) is 0 Å². The van der Waals surface area contributed by atoms with Crippen LogP contribution in [0.4, 0.5) is 0 Å². The smallest absolute Gasteiger partial charge is 0.550 e. The van der Waals surface area contributed by atoms with Gasteiger partial charge in [-0.3, -0.25) is 0 Å². The number of aliphatic carboxylic acids is 1. The maximum atomic E-state index is 10.7. The topological polar surface area (TPSA) is 40.1 Å². The van der Waals surface area contributed by atoms with Crippen molar-refractivity contribution in [2.24, 2.45) is 17.3 Å². The van der Waals surface area contributed by atoms with Gasteiger partial charge in [0.1, 0.15) is 0 Å². The van der Waals surface area contributed by atoms with Crippen LogP contribution in [0.2, 0.25) is 0 Å². The quantitative estimate of drug-likeness (QED) is 0.731. The van der Waals surface area contributed by atoms with Gasteiger partial charge in [-0.05, 0) is 18.3 Å². The number of hydrogen-bond donors (Lipinski definition) is 0. The largest absolute Gasteiger partial charge is 1.00 e. The Morgan fingerprint density at radius 3 is 1.92 bits per heavy atom. The molecule has 1 atom stereocenters. The van der Waals surface area contributed by atoms with Gasteiger partial charge in [0, 0.05) is 11.4 Å². The molecule has 0 bridgehead atoms. The molecule has 0 aromatic carbocycles. The van der Waals surface area contributed by atoms with Gasteiger partial charge in [-0.15, -0.1) is 0 Å². The summed E-state index contributed by atoms with van der Waals surface area (Å²) in [7, 11) is 0. The monoisotopic (exact) mass is 278 g/mol. The molecule has 0 saturated heterocycles. The second kappa shape index (κ2) is 5.84. The second-order valence-electron chi connectivity index (χ2n) is 4.54. The van der Waals surface area contributed by atoms with Crippen molar-refractivity contribution in [3.05, 3.63) is 0 Å². The molecule has 0 radical (unpaired) electrons. The van der Waals surface area contributed by atoms with Crippen molar-refractivity contribution in [1.82, 2.24) is 0 Å². The zero-order valence-corrected chi connectivity index (χ0v) is 10.5. The van der Waals surface area contributed by atoms with Crippen LogP contribution in [0.25, 0.3) is 0 Å². The molecular formula is C10H19AgO2. The third-order valence-electron chi connectivity index (χ3n) is 2.58. The van der Waals surface area contributed by atoms with Crippen molar-refractivity contribution in [2.75, 3.05) is 0 Å². The normalized spacial score (nSPS) is 13.7. The van der Waals surface area contributed by atoms with E-state index in [-0.39, 0.29) is 28.3 Å². The fourth-order valence-corrected chi connectivity index (χ4v) is 1.20. The number of rotatable bonds is 4. The summed E-state index contributed by atoms with van der Waals surface area (Å²) >= 11 is 0. The Balaban J connectivity index is 0. The van der Waals surface area contributed by atoms with Crippen molar-refractivity contribution < 1.29 is 32.3 Å². The summed E-state index contributed by atoms with van der Waals surface area (Å²) in [6, 6.07) is 0. The Labute approximate surface area is 96.6 Å². The number of carbonyl (C=O) groups excluding carboxylic acids is 1. The summed E-state index contributed by atoms with van der Waals surface area (Å²) in [4.78, 5) is 10.7. The van der Waals surface area contributed by atoms with E-state index in [0.717, 1.165) is 6.42 Å². The van der Waals surface area contributed by atoms with Gasteiger partial charge >= 0.3 is 22.4 Å². The van der Waals surface area contributed by atoms with Crippen LogP contribution < -0.4 is 5.11 Å². The molecule has 0 aromatic heterocycles. The Morgan fingerprint density at radius 1 is 1.31 bits per heavy atom. The van der Waals surface area contributed by atoms with Gasteiger partial charge in [-0.1, -0.05) is 34.6 Å². The summed E-state index contributed by atoms with van der Waals surface area (Å²) in [5.74, 6) is -0.239. The van der Waals surface area contributed by atoms with Gasteiger partial charge in [0.2, 0.25) is 0 Å². The van der Waals surface area contributed by atoms with Crippen LogP contribution in [0.5, 0.6) is 0 Å². The summed E-state index contributed by atoms with van der Waals surface area (Å²) in [5, 5.41) is 10.7. The van der Waals surface area contributed by atoms with E-state index in [1.165, 1.54) is 0 Å². The molecule has 0 aliphatic heterocycles. The zero-order chi connectivity index (χ0) is 9.94. The van der Waals surface area contributed by atoms with Crippen LogP contribution >= 0.6 is 0 Å². The Hall–Kier alpha value is 0.210. The van der Waals surface area contributed by atoms with E-state index >= 15 is 0 Å². The third-order valence-corrected chi connectivity index (χ3v) is 2.58. The van der Waals surface area contributed by atoms with Gasteiger partial charge in [-0.25, -0.2) is 0 Å². The SMILES string of the molecule is CC(C)CC(C)C(C)(C)C(=O)[O-].[Ag+]. The minimum atomic E-state index is -0.948. The van der Waals surface area contributed by atoms with E-state index in [2.05, 4.69) is 13.8 Å². The molecular weight excluding hydrogens is 260 g/mol. The summed E-state index contributed by atoms with van der Waals surface area (Å²) in [5.41, 5.74) is -0.704. The molecule has 0 aliphatic rings. The molecule has 0 aliphatic carbocycles. The standard InChI is InChI=1S/C10H20O2.Ag/c1-7(2)6-8(3)10(4,5)9(11)12;/h7-8H,6H2,1-5H3,(H,11,12);/q;+1/p-1. The van der Waals surface area contributed by atoms with Crippen LogP contribution in [0.15, 0.2) is 0 Å². The van der Waals surface area contributed by atoms with Crippen molar-refractivity contribution in [3.8, 4) is 0 Å². The van der Waals surface area contributed by atoms with E-state index in [0.29, 0.717) is 5.92 Å². The maximum Gasteiger partial charge on any atom is 1.00 e. The van der Waals surface area contributed by atoms with Crippen molar-refractivity contribution in [3.63, 3.8) is 0 Å². The Kier molecular flexibility index (Phi) is 7.04. The minimum absolute atomic E-state index is 0. The number of carboxylic acids is 1. The van der Waals surface area contributed by atoms with E-state index in [4.69, 9.17) is 0 Å². The molecule has 82 valence electrons. The molecule has 2 nitrogen and oxygen atoms in total. The molecule has 0 fully saturated rings. The van der Waals surface area contributed by atoms with Gasteiger partial charge < -0.3 is 9.90 Å². The van der Waals surface area contributed by atoms with Gasteiger partial charge in [-0.2, -0.15) is 0 Å². The van der Waals surface area contributed by atoms with Crippen molar-refractivity contribution >= 4 is 5.97 Å². The van der Waals surface area contributed by atoms with E-state index < -0.39 is 11.4 Å². The molecule has 0 amide bonds. The summed E-state index contributed by atoms with van der Waals surface area (Å²) in [6.07, 6.45) is 0.932. The van der Waals surface area contributed by atoms with Crippen LogP contribution in [-0.2, 0) is 27.2 Å². The van der Waals surface area contributed by atoms with Gasteiger partial charge in [0.05, 0.1) is 0 Å². The Bertz CT molecular complexity index is 164. The van der Waals surface area contributed by atoms with Gasteiger partial charge in [0.15, 0.2) is 0 Å². The summed E-state index contributed by atoms with van der Waals surface area (Å²) in [6.45, 7) is 9.63. The van der Waals surface area contributed by atoms with Crippen LogP contribution in [0, 0.1) is 17.3 Å². The fourth-order valence-electron chi connectivity index (χ4n) is 1.20. The first-order valence-electron chi connectivity index (χ1n) is 4.50. The molecule has 0 heterocycles. The maximum absolute atomic E-state index is 10.7. The number of hydrogen-bond acceptors (Lipinski definition) is 2. The molecule has 0 aromatic rings. The van der Waals surface area contributed by atoms with E-state index in [1.54, 1.807) is 13.8 Å². The zero-order valence-electron chi connectivity index (χ0n) is 8.98. The predicted molar refractivity (Wildman–Crippen MR) is 47.4 cm³/mol. The van der Waals surface area contributed by atoms with E-state index in [9.17, 15) is 9.90 Å². The minimum Gasteiger partial charge on any atom is -0.550 e. The van der Waals surface area contributed by atoms with E-state index in [1.807, 2.05) is 6.92 Å². The second-order valence-corrected chi connectivity index (χ2v) is 4.54. The number of carboxylic acid groups (broad SMARTS) is 1. The Morgan fingerprint density at radius 2 is 1.69 bits per heavy atom. The van der Waals surface area contributed by atoms with Crippen molar-refractivity contribution in [1.29, 1.82) is 0 Å². The first-order valence-corrected chi connectivity index (χ1v) is 4.50. The predicted octanol–water partition coefficient (Wildman–Crippen LogP) is 1.44. The third kappa shape index (κ3) is 4.84. The average molecular weight is 279 g/mol. The molecule has 13 heavy (non-hydrogen) atoms. The first kappa shape index (κ1) is 15.7. The molecule has 0 N–H and O–H groups in total. The summed E-state index contributed by atoms with van der Waals surface area (Å²) < 4.78 is 0.